The maximum atomic E-state index is 5.74. The molecule has 0 saturated heterocycles. The zero-order valence-corrected chi connectivity index (χ0v) is 9.86. The number of nitrogens with zero attached hydrogens (tertiary/aromatic N) is 3. The van der Waals surface area contributed by atoms with Gasteiger partial charge in [-0.15, -0.1) is 10.2 Å². The molecule has 0 aliphatic heterocycles. The Kier molecular flexibility index (Phi) is 3.00. The van der Waals surface area contributed by atoms with E-state index in [0.717, 1.165) is 10.1 Å². The number of hydrogen-bond acceptors (Lipinski definition) is 5. The number of benzene rings is 1. The van der Waals surface area contributed by atoms with Crippen molar-refractivity contribution in [2.75, 3.05) is 12.8 Å². The minimum atomic E-state index is 0.629. The average molecular weight is 236 g/mol. The van der Waals surface area contributed by atoms with Crippen LogP contribution in [0.4, 0.5) is 5.69 Å². The second-order valence-electron chi connectivity index (χ2n) is 3.23. The number of rotatable bonds is 3. The summed E-state index contributed by atoms with van der Waals surface area (Å²) in [6, 6.07) is 5.63. The van der Waals surface area contributed by atoms with E-state index in [2.05, 4.69) is 10.2 Å². The molecule has 0 aliphatic carbocycles. The van der Waals surface area contributed by atoms with Crippen molar-refractivity contribution >= 4 is 17.4 Å². The second kappa shape index (κ2) is 4.44. The monoisotopic (exact) mass is 236 g/mol. The zero-order valence-electron chi connectivity index (χ0n) is 9.04. The summed E-state index contributed by atoms with van der Waals surface area (Å²) in [6.45, 7) is 0. The Morgan fingerprint density at radius 3 is 2.88 bits per heavy atom. The minimum absolute atomic E-state index is 0.629. The lowest BCUT2D eigenvalue weighted by molar-refractivity contribution is 0.416. The van der Waals surface area contributed by atoms with Crippen molar-refractivity contribution in [1.82, 2.24) is 14.8 Å². The molecule has 0 fully saturated rings. The highest BCUT2D eigenvalue weighted by Gasteiger charge is 2.06. The molecule has 2 N–H and O–H groups in total. The molecule has 16 heavy (non-hydrogen) atoms. The van der Waals surface area contributed by atoms with Crippen LogP contribution < -0.4 is 10.5 Å². The molecule has 0 radical (unpaired) electrons. The summed E-state index contributed by atoms with van der Waals surface area (Å²) >= 11 is 1.51. The number of methoxy groups -OCH3 is 1. The molecule has 0 spiro atoms. The highest BCUT2D eigenvalue weighted by atomic mass is 32.2. The predicted molar refractivity (Wildman–Crippen MR) is 62.5 cm³/mol. The van der Waals surface area contributed by atoms with Crippen LogP contribution in [-0.4, -0.2) is 21.9 Å². The highest BCUT2D eigenvalue weighted by molar-refractivity contribution is 7.99. The van der Waals surface area contributed by atoms with Crippen molar-refractivity contribution in [3.8, 4) is 5.75 Å². The maximum absolute atomic E-state index is 5.74. The lowest BCUT2D eigenvalue weighted by Gasteiger charge is -2.06. The van der Waals surface area contributed by atoms with Crippen LogP contribution in [0, 0.1) is 0 Å². The number of hydrogen-bond donors (Lipinski definition) is 1. The fraction of sp³-hybridized carbons (Fsp3) is 0.200. The van der Waals surface area contributed by atoms with Gasteiger partial charge in [0.15, 0.2) is 5.16 Å². The first-order valence-electron chi connectivity index (χ1n) is 4.66. The van der Waals surface area contributed by atoms with E-state index in [1.807, 2.05) is 29.8 Å². The average Bonchev–Trinajstić information content (AvgIpc) is 2.67. The van der Waals surface area contributed by atoms with E-state index < -0.39 is 0 Å². The first-order chi connectivity index (χ1) is 7.70. The SMILES string of the molecule is COc1cc(Sc2nncn2C)ccc1N. The van der Waals surface area contributed by atoms with Crippen LogP contribution in [0.15, 0.2) is 34.6 Å². The zero-order chi connectivity index (χ0) is 11.5. The largest absolute Gasteiger partial charge is 0.495 e. The highest BCUT2D eigenvalue weighted by Crippen LogP contribution is 2.31. The standard InChI is InChI=1S/C10H12N4OS/c1-14-6-12-13-10(14)16-7-3-4-8(11)9(5-7)15-2/h3-6H,11H2,1-2H3. The first kappa shape index (κ1) is 10.8. The maximum Gasteiger partial charge on any atom is 0.195 e. The van der Waals surface area contributed by atoms with Gasteiger partial charge in [0.1, 0.15) is 12.1 Å². The van der Waals surface area contributed by atoms with Crippen LogP contribution in [0.3, 0.4) is 0 Å². The molecule has 0 unspecified atom stereocenters. The third-order valence-electron chi connectivity index (χ3n) is 2.08. The van der Waals surface area contributed by atoms with Gasteiger partial charge in [0, 0.05) is 11.9 Å². The molecule has 2 rings (SSSR count). The van der Waals surface area contributed by atoms with Gasteiger partial charge in [0.25, 0.3) is 0 Å². The van der Waals surface area contributed by atoms with Crippen LogP contribution in [0.25, 0.3) is 0 Å². The Morgan fingerprint density at radius 1 is 1.44 bits per heavy atom. The van der Waals surface area contributed by atoms with Gasteiger partial charge >= 0.3 is 0 Å². The van der Waals surface area contributed by atoms with Crippen molar-refractivity contribution < 1.29 is 4.74 Å². The van der Waals surface area contributed by atoms with Crippen LogP contribution >= 0.6 is 11.8 Å². The summed E-state index contributed by atoms with van der Waals surface area (Å²) in [7, 11) is 3.50. The van der Waals surface area contributed by atoms with E-state index >= 15 is 0 Å². The van der Waals surface area contributed by atoms with Crippen molar-refractivity contribution in [3.05, 3.63) is 24.5 Å². The number of aromatic nitrogens is 3. The Labute approximate surface area is 97.6 Å². The van der Waals surface area contributed by atoms with E-state index in [0.29, 0.717) is 11.4 Å². The normalized spacial score (nSPS) is 10.4. The molecule has 0 bridgehead atoms. The Hall–Kier alpha value is -1.69. The number of nitrogen functional groups attached to an aromatic ring is 1. The number of ether oxygens (including phenoxy) is 1. The van der Waals surface area contributed by atoms with Gasteiger partial charge in [-0.05, 0) is 30.0 Å². The molecule has 0 aliphatic rings. The smallest absolute Gasteiger partial charge is 0.195 e. The third-order valence-corrected chi connectivity index (χ3v) is 3.13. The van der Waals surface area contributed by atoms with Crippen LogP contribution in [0.5, 0.6) is 5.75 Å². The molecule has 0 atom stereocenters. The van der Waals surface area contributed by atoms with E-state index in [1.54, 1.807) is 13.4 Å². The van der Waals surface area contributed by atoms with Crippen molar-refractivity contribution in [2.24, 2.45) is 7.05 Å². The molecule has 84 valence electrons. The fourth-order valence-corrected chi connectivity index (χ4v) is 2.02. The van der Waals surface area contributed by atoms with Gasteiger partial charge in [0.2, 0.25) is 0 Å². The van der Waals surface area contributed by atoms with Crippen LogP contribution in [-0.2, 0) is 7.05 Å². The fourth-order valence-electron chi connectivity index (χ4n) is 1.23. The molecule has 6 heteroatoms. The van der Waals surface area contributed by atoms with Crippen LogP contribution in [0.1, 0.15) is 0 Å². The molecular formula is C10H12N4OS. The van der Waals surface area contributed by atoms with Gasteiger partial charge in [-0.2, -0.15) is 0 Å². The number of nitrogens with two attached hydrogens (primary N) is 1. The molecule has 0 saturated carbocycles. The van der Waals surface area contributed by atoms with Crippen molar-refractivity contribution in [2.45, 2.75) is 10.1 Å². The van der Waals surface area contributed by atoms with Crippen LogP contribution in [0.2, 0.25) is 0 Å². The number of anilines is 1. The van der Waals surface area contributed by atoms with Crippen molar-refractivity contribution in [3.63, 3.8) is 0 Å². The summed E-state index contributed by atoms with van der Waals surface area (Å²) in [4.78, 5) is 1.02. The van der Waals surface area contributed by atoms with Gasteiger partial charge in [0.05, 0.1) is 12.8 Å². The Morgan fingerprint density at radius 2 is 2.25 bits per heavy atom. The lowest BCUT2D eigenvalue weighted by Crippen LogP contribution is -1.93. The topological polar surface area (TPSA) is 66.0 Å². The van der Waals surface area contributed by atoms with E-state index in [-0.39, 0.29) is 0 Å². The third kappa shape index (κ3) is 2.11. The van der Waals surface area contributed by atoms with E-state index in [1.165, 1.54) is 11.8 Å². The second-order valence-corrected chi connectivity index (χ2v) is 4.27. The molecule has 0 amide bonds. The molecule has 1 aromatic carbocycles. The quantitative estimate of drug-likeness (QED) is 0.819. The first-order valence-corrected chi connectivity index (χ1v) is 5.47. The van der Waals surface area contributed by atoms with Gasteiger partial charge < -0.3 is 15.0 Å². The number of aryl methyl sites for hydroxylation is 1. The Bertz CT molecular complexity index is 497. The van der Waals surface area contributed by atoms with Crippen molar-refractivity contribution in [1.29, 1.82) is 0 Å². The predicted octanol–water partition coefficient (Wildman–Crippen LogP) is 1.56. The minimum Gasteiger partial charge on any atom is -0.495 e. The molecule has 1 aromatic heterocycles. The van der Waals surface area contributed by atoms with Gasteiger partial charge in [-0.3, -0.25) is 0 Å². The molecule has 5 nitrogen and oxygen atoms in total. The summed E-state index contributed by atoms with van der Waals surface area (Å²) < 4.78 is 7.01. The Balaban J connectivity index is 2.25. The molecule has 2 aromatic rings. The lowest BCUT2D eigenvalue weighted by atomic mass is 10.3. The van der Waals surface area contributed by atoms with E-state index in [4.69, 9.17) is 10.5 Å². The van der Waals surface area contributed by atoms with E-state index in [9.17, 15) is 0 Å². The summed E-state index contributed by atoms with van der Waals surface area (Å²) in [5.41, 5.74) is 6.37. The summed E-state index contributed by atoms with van der Waals surface area (Å²) in [6.07, 6.45) is 1.66. The molecular weight excluding hydrogens is 224 g/mol. The van der Waals surface area contributed by atoms with Gasteiger partial charge in [-0.25, -0.2) is 0 Å². The summed E-state index contributed by atoms with van der Waals surface area (Å²) in [5.74, 6) is 0.673. The summed E-state index contributed by atoms with van der Waals surface area (Å²) in [5, 5.41) is 8.63. The molecule has 1 heterocycles. The van der Waals surface area contributed by atoms with Gasteiger partial charge in [-0.1, -0.05) is 0 Å².